The fraction of sp³-hybridized carbons (Fsp3) is 0.500. The second-order valence-corrected chi connectivity index (χ2v) is 5.58. The van der Waals surface area contributed by atoms with Crippen LogP contribution in [0.3, 0.4) is 0 Å². The molecule has 1 atom stereocenters. The minimum absolute atomic E-state index is 0.245. The summed E-state index contributed by atoms with van der Waals surface area (Å²) >= 11 is 5.33. The van der Waals surface area contributed by atoms with E-state index in [2.05, 4.69) is 21.9 Å². The van der Waals surface area contributed by atoms with Crippen LogP contribution >= 0.6 is 12.2 Å². The highest BCUT2D eigenvalue weighted by atomic mass is 32.1. The van der Waals surface area contributed by atoms with Crippen LogP contribution in [0.2, 0.25) is 0 Å². The van der Waals surface area contributed by atoms with Crippen LogP contribution in [0.25, 0.3) is 0 Å². The van der Waals surface area contributed by atoms with Gasteiger partial charge in [-0.1, -0.05) is 6.92 Å². The maximum absolute atomic E-state index is 12.1. The number of nitrogens with zero attached hydrogens (tertiary/aromatic N) is 1. The predicted octanol–water partition coefficient (Wildman–Crippen LogP) is 4.01. The molecular weight excluding hydrogens is 301 g/mol. The summed E-state index contributed by atoms with van der Waals surface area (Å²) in [6.07, 6.45) is -2.38. The van der Waals surface area contributed by atoms with Crippen molar-refractivity contribution in [1.29, 1.82) is 0 Å². The van der Waals surface area contributed by atoms with Crippen molar-refractivity contribution < 1.29 is 17.9 Å². The molecule has 0 bridgehead atoms. The SMILES string of the molecule is C[C@H]1CCCN(C(=S)Nc2ccc(OC(F)(F)F)cc2)C1. The maximum Gasteiger partial charge on any atom is 0.573 e. The van der Waals surface area contributed by atoms with E-state index >= 15 is 0 Å². The molecule has 0 saturated carbocycles. The zero-order valence-electron chi connectivity index (χ0n) is 11.6. The van der Waals surface area contributed by atoms with Crippen LogP contribution in [0, 0.1) is 5.92 Å². The third-order valence-corrected chi connectivity index (χ3v) is 3.64. The minimum Gasteiger partial charge on any atom is -0.406 e. The lowest BCUT2D eigenvalue weighted by Gasteiger charge is -2.33. The molecule has 21 heavy (non-hydrogen) atoms. The number of thiocarbonyl (C=S) groups is 1. The summed E-state index contributed by atoms with van der Waals surface area (Å²) in [6, 6.07) is 5.55. The zero-order chi connectivity index (χ0) is 15.5. The number of likely N-dealkylation sites (tertiary alicyclic amines) is 1. The van der Waals surface area contributed by atoms with Crippen molar-refractivity contribution in [3.05, 3.63) is 24.3 Å². The van der Waals surface area contributed by atoms with Crippen LogP contribution in [0.4, 0.5) is 18.9 Å². The van der Waals surface area contributed by atoms with E-state index in [0.717, 1.165) is 19.5 Å². The van der Waals surface area contributed by atoms with Crippen LogP contribution in [-0.2, 0) is 0 Å². The first-order chi connectivity index (χ1) is 9.83. The van der Waals surface area contributed by atoms with Gasteiger partial charge in [-0.3, -0.25) is 0 Å². The van der Waals surface area contributed by atoms with Gasteiger partial charge in [0.15, 0.2) is 5.11 Å². The fourth-order valence-corrected chi connectivity index (χ4v) is 2.60. The van der Waals surface area contributed by atoms with E-state index in [-0.39, 0.29) is 5.75 Å². The van der Waals surface area contributed by atoms with Crippen LogP contribution < -0.4 is 10.1 Å². The van der Waals surface area contributed by atoms with Crippen molar-refractivity contribution in [3.63, 3.8) is 0 Å². The van der Waals surface area contributed by atoms with Crippen molar-refractivity contribution in [1.82, 2.24) is 4.90 Å². The first-order valence-electron chi connectivity index (χ1n) is 6.75. The van der Waals surface area contributed by atoms with Crippen molar-refractivity contribution in [3.8, 4) is 5.75 Å². The first kappa shape index (κ1) is 15.9. The Balaban J connectivity index is 1.92. The highest BCUT2D eigenvalue weighted by molar-refractivity contribution is 7.80. The Bertz CT molecular complexity index is 490. The molecule has 1 N–H and O–H groups in total. The molecule has 0 radical (unpaired) electrons. The number of ether oxygens (including phenoxy) is 1. The van der Waals surface area contributed by atoms with Gasteiger partial charge in [-0.15, -0.1) is 13.2 Å². The van der Waals surface area contributed by atoms with Crippen LogP contribution in [0.5, 0.6) is 5.75 Å². The minimum atomic E-state index is -4.67. The summed E-state index contributed by atoms with van der Waals surface area (Å²) in [6.45, 7) is 3.99. The van der Waals surface area contributed by atoms with Gasteiger partial charge in [0.25, 0.3) is 0 Å². The van der Waals surface area contributed by atoms with Gasteiger partial charge in [0.2, 0.25) is 0 Å². The van der Waals surface area contributed by atoms with E-state index in [1.165, 1.54) is 30.7 Å². The largest absolute Gasteiger partial charge is 0.573 e. The quantitative estimate of drug-likeness (QED) is 0.833. The summed E-state index contributed by atoms with van der Waals surface area (Å²) in [5.74, 6) is 0.353. The molecule has 1 aliphatic rings. The van der Waals surface area contributed by atoms with E-state index < -0.39 is 6.36 Å². The lowest BCUT2D eigenvalue weighted by Crippen LogP contribution is -2.41. The van der Waals surface area contributed by atoms with Gasteiger partial charge in [0.1, 0.15) is 5.75 Å². The van der Waals surface area contributed by atoms with E-state index in [1.807, 2.05) is 0 Å². The molecule has 0 spiro atoms. The molecule has 0 amide bonds. The first-order valence-corrected chi connectivity index (χ1v) is 7.16. The Morgan fingerprint density at radius 3 is 2.57 bits per heavy atom. The summed E-state index contributed by atoms with van der Waals surface area (Å²) in [7, 11) is 0. The molecule has 3 nitrogen and oxygen atoms in total. The van der Waals surface area contributed by atoms with Gasteiger partial charge in [0, 0.05) is 18.8 Å². The molecule has 2 rings (SSSR count). The third-order valence-electron chi connectivity index (χ3n) is 3.28. The number of hydrogen-bond acceptors (Lipinski definition) is 2. The average molecular weight is 318 g/mol. The Kier molecular flexibility index (Phi) is 4.92. The smallest absolute Gasteiger partial charge is 0.406 e. The fourth-order valence-electron chi connectivity index (χ4n) is 2.32. The molecule has 0 unspecified atom stereocenters. The molecule has 1 aromatic rings. The van der Waals surface area contributed by atoms with E-state index in [1.54, 1.807) is 0 Å². The third kappa shape index (κ3) is 5.08. The number of benzene rings is 1. The topological polar surface area (TPSA) is 24.5 Å². The Labute approximate surface area is 127 Å². The number of alkyl halides is 3. The van der Waals surface area contributed by atoms with Gasteiger partial charge < -0.3 is 15.0 Å². The summed E-state index contributed by atoms with van der Waals surface area (Å²) in [4.78, 5) is 2.09. The molecule has 1 fully saturated rings. The molecule has 1 heterocycles. The molecule has 0 aliphatic carbocycles. The van der Waals surface area contributed by atoms with Crippen molar-refractivity contribution in [2.24, 2.45) is 5.92 Å². The lowest BCUT2D eigenvalue weighted by atomic mass is 10.0. The molecular formula is C14H17F3N2OS. The molecule has 0 aromatic heterocycles. The van der Waals surface area contributed by atoms with Crippen molar-refractivity contribution in [2.45, 2.75) is 26.1 Å². The normalized spacial score (nSPS) is 19.2. The summed E-state index contributed by atoms with van der Waals surface area (Å²) in [5.41, 5.74) is 0.646. The molecule has 1 aliphatic heterocycles. The van der Waals surface area contributed by atoms with Crippen LogP contribution in [-0.4, -0.2) is 29.5 Å². The lowest BCUT2D eigenvalue weighted by molar-refractivity contribution is -0.274. The predicted molar refractivity (Wildman–Crippen MR) is 79.3 cm³/mol. The number of rotatable bonds is 2. The Hall–Kier alpha value is -1.50. The number of hydrogen-bond donors (Lipinski definition) is 1. The second kappa shape index (κ2) is 6.51. The molecule has 7 heteroatoms. The summed E-state index contributed by atoms with van der Waals surface area (Å²) in [5, 5.41) is 3.65. The maximum atomic E-state index is 12.1. The highest BCUT2D eigenvalue weighted by Gasteiger charge is 2.31. The number of anilines is 1. The van der Waals surface area contributed by atoms with Gasteiger partial charge in [-0.25, -0.2) is 0 Å². The van der Waals surface area contributed by atoms with Gasteiger partial charge >= 0.3 is 6.36 Å². The van der Waals surface area contributed by atoms with Crippen LogP contribution in [0.1, 0.15) is 19.8 Å². The van der Waals surface area contributed by atoms with Gasteiger partial charge in [-0.2, -0.15) is 0 Å². The number of nitrogens with one attached hydrogen (secondary N) is 1. The van der Waals surface area contributed by atoms with Gasteiger partial charge in [-0.05, 0) is 55.2 Å². The van der Waals surface area contributed by atoms with Gasteiger partial charge in [0.05, 0.1) is 0 Å². The Morgan fingerprint density at radius 1 is 1.33 bits per heavy atom. The average Bonchev–Trinajstić information content (AvgIpc) is 2.39. The standard InChI is InChI=1S/C14H17F3N2OS/c1-10-3-2-8-19(9-10)13(21)18-11-4-6-12(7-5-11)20-14(15,16)17/h4-7,10H,2-3,8-9H2,1H3,(H,18,21)/t10-/m0/s1. The molecule has 116 valence electrons. The summed E-state index contributed by atoms with van der Waals surface area (Å²) < 4.78 is 40.0. The Morgan fingerprint density at radius 2 is 2.00 bits per heavy atom. The number of halogens is 3. The van der Waals surface area contributed by atoms with E-state index in [0.29, 0.717) is 16.7 Å². The van der Waals surface area contributed by atoms with Crippen molar-refractivity contribution >= 4 is 23.0 Å². The van der Waals surface area contributed by atoms with E-state index in [9.17, 15) is 13.2 Å². The van der Waals surface area contributed by atoms with E-state index in [4.69, 9.17) is 12.2 Å². The molecule has 1 aromatic carbocycles. The number of piperidine rings is 1. The highest BCUT2D eigenvalue weighted by Crippen LogP contribution is 2.24. The second-order valence-electron chi connectivity index (χ2n) is 5.20. The monoisotopic (exact) mass is 318 g/mol. The van der Waals surface area contributed by atoms with Crippen LogP contribution in [0.15, 0.2) is 24.3 Å². The molecule has 1 saturated heterocycles. The zero-order valence-corrected chi connectivity index (χ0v) is 12.4. The van der Waals surface area contributed by atoms with Crippen molar-refractivity contribution in [2.75, 3.05) is 18.4 Å².